The smallest absolute Gasteiger partial charge is 0.217 e. The minimum atomic E-state index is -3.10. The maximum atomic E-state index is 13.2. The predicted molar refractivity (Wildman–Crippen MR) is 75.1 cm³/mol. The summed E-state index contributed by atoms with van der Waals surface area (Å²) in [4.78, 5) is 2.06. The average molecular weight is 316 g/mol. The number of nitrogens with zero attached hydrogens (tertiary/aromatic N) is 2. The molecule has 3 rings (SSSR count). The van der Waals surface area contributed by atoms with E-state index in [2.05, 4.69) is 4.90 Å². The van der Waals surface area contributed by atoms with Crippen molar-refractivity contribution in [3.8, 4) is 0 Å². The number of hydrogen-bond acceptors (Lipinski definition) is 3. The summed E-state index contributed by atoms with van der Waals surface area (Å²) in [6, 6.07) is 3.88. The van der Waals surface area contributed by atoms with Crippen molar-refractivity contribution in [3.05, 3.63) is 35.4 Å². The molecule has 0 atom stereocenters. The lowest BCUT2D eigenvalue weighted by molar-refractivity contribution is 0.181. The molecule has 0 amide bonds. The van der Waals surface area contributed by atoms with Crippen molar-refractivity contribution in [1.82, 2.24) is 9.21 Å². The molecule has 1 aromatic rings. The molecule has 0 bridgehead atoms. The number of benzene rings is 1. The highest BCUT2D eigenvalue weighted by molar-refractivity contribution is 7.90. The van der Waals surface area contributed by atoms with E-state index in [-0.39, 0.29) is 5.25 Å². The van der Waals surface area contributed by atoms with Crippen LogP contribution in [-0.4, -0.2) is 49.1 Å². The highest BCUT2D eigenvalue weighted by Crippen LogP contribution is 2.31. The van der Waals surface area contributed by atoms with Crippen LogP contribution in [0.5, 0.6) is 0 Å². The molecule has 2 aliphatic rings. The summed E-state index contributed by atoms with van der Waals surface area (Å²) in [5.74, 6) is -1.69. The molecule has 7 heteroatoms. The van der Waals surface area contributed by atoms with Crippen molar-refractivity contribution < 1.29 is 17.2 Å². The van der Waals surface area contributed by atoms with Gasteiger partial charge in [0.25, 0.3) is 0 Å². The first kappa shape index (κ1) is 14.9. The van der Waals surface area contributed by atoms with E-state index in [0.717, 1.165) is 18.9 Å². The lowest BCUT2D eigenvalue weighted by Gasteiger charge is -2.34. The maximum absolute atomic E-state index is 13.2. The van der Waals surface area contributed by atoms with Gasteiger partial charge in [-0.05, 0) is 30.5 Å². The van der Waals surface area contributed by atoms with Gasteiger partial charge in [-0.1, -0.05) is 6.07 Å². The van der Waals surface area contributed by atoms with Crippen LogP contribution in [0.3, 0.4) is 0 Å². The fraction of sp³-hybridized carbons (Fsp3) is 0.571. The SMILES string of the molecule is O=S(=O)(C1CC1)N1CCN(Cc2ccc(F)c(F)c2)CC1. The van der Waals surface area contributed by atoms with E-state index >= 15 is 0 Å². The van der Waals surface area contributed by atoms with Crippen LogP contribution in [0.25, 0.3) is 0 Å². The molecule has 0 spiro atoms. The molecule has 0 aromatic heterocycles. The van der Waals surface area contributed by atoms with Crippen LogP contribution in [0.15, 0.2) is 18.2 Å². The van der Waals surface area contributed by atoms with E-state index in [0.29, 0.717) is 38.3 Å². The van der Waals surface area contributed by atoms with Gasteiger partial charge in [0.2, 0.25) is 10.0 Å². The van der Waals surface area contributed by atoms with Gasteiger partial charge in [-0.25, -0.2) is 17.2 Å². The molecule has 1 aliphatic carbocycles. The highest BCUT2D eigenvalue weighted by Gasteiger charge is 2.40. The van der Waals surface area contributed by atoms with Crippen molar-refractivity contribution in [2.24, 2.45) is 0 Å². The van der Waals surface area contributed by atoms with Gasteiger partial charge < -0.3 is 0 Å². The molecule has 4 nitrogen and oxygen atoms in total. The van der Waals surface area contributed by atoms with Gasteiger partial charge in [0.15, 0.2) is 11.6 Å². The third-order valence-electron chi connectivity index (χ3n) is 4.03. The summed E-state index contributed by atoms with van der Waals surface area (Å²) in [6.07, 6.45) is 1.55. The molecule has 1 saturated carbocycles. The van der Waals surface area contributed by atoms with Crippen molar-refractivity contribution in [2.45, 2.75) is 24.6 Å². The summed E-state index contributed by atoms with van der Waals surface area (Å²) < 4.78 is 51.8. The van der Waals surface area contributed by atoms with E-state index in [9.17, 15) is 17.2 Å². The lowest BCUT2D eigenvalue weighted by Crippen LogP contribution is -2.49. The number of piperazine rings is 1. The van der Waals surface area contributed by atoms with Crippen LogP contribution in [-0.2, 0) is 16.6 Å². The van der Waals surface area contributed by atoms with E-state index in [1.807, 2.05) is 0 Å². The van der Waals surface area contributed by atoms with E-state index in [1.165, 1.54) is 6.07 Å². The molecule has 1 aromatic carbocycles. The van der Waals surface area contributed by atoms with Gasteiger partial charge in [-0.3, -0.25) is 4.90 Å². The Balaban J connectivity index is 1.57. The lowest BCUT2D eigenvalue weighted by atomic mass is 10.2. The molecule has 2 fully saturated rings. The molecular weight excluding hydrogens is 298 g/mol. The Kier molecular flexibility index (Phi) is 3.98. The molecule has 1 saturated heterocycles. The maximum Gasteiger partial charge on any atom is 0.217 e. The van der Waals surface area contributed by atoms with Gasteiger partial charge in [-0.2, -0.15) is 4.31 Å². The molecule has 21 heavy (non-hydrogen) atoms. The first-order chi connectivity index (χ1) is 9.96. The monoisotopic (exact) mass is 316 g/mol. The zero-order chi connectivity index (χ0) is 15.0. The second kappa shape index (κ2) is 5.62. The predicted octanol–water partition coefficient (Wildman–Crippen LogP) is 1.57. The topological polar surface area (TPSA) is 40.6 Å². The van der Waals surface area contributed by atoms with Gasteiger partial charge in [0.05, 0.1) is 5.25 Å². The number of sulfonamides is 1. The number of rotatable bonds is 4. The standard InChI is InChI=1S/C14H18F2N2O2S/c15-13-4-1-11(9-14(13)16)10-17-5-7-18(8-6-17)21(19,20)12-2-3-12/h1,4,9,12H,2-3,5-8,10H2. The fourth-order valence-corrected chi connectivity index (χ4v) is 4.44. The van der Waals surface area contributed by atoms with Gasteiger partial charge in [0.1, 0.15) is 0 Å². The Labute approximate surface area is 123 Å². The zero-order valence-electron chi connectivity index (χ0n) is 11.6. The largest absolute Gasteiger partial charge is 0.296 e. The molecule has 0 N–H and O–H groups in total. The Morgan fingerprint density at radius 1 is 1.05 bits per heavy atom. The normalized spacial score (nSPS) is 21.6. The highest BCUT2D eigenvalue weighted by atomic mass is 32.2. The Bertz CT molecular complexity index is 624. The Hall–Kier alpha value is -1.05. The summed E-state index contributed by atoms with van der Waals surface area (Å²) in [6.45, 7) is 2.69. The van der Waals surface area contributed by atoms with Crippen LogP contribution >= 0.6 is 0 Å². The molecular formula is C14H18F2N2O2S. The van der Waals surface area contributed by atoms with Crippen molar-refractivity contribution >= 4 is 10.0 Å². The van der Waals surface area contributed by atoms with E-state index < -0.39 is 21.7 Å². The van der Waals surface area contributed by atoms with Gasteiger partial charge in [-0.15, -0.1) is 0 Å². The van der Waals surface area contributed by atoms with Crippen LogP contribution in [0.1, 0.15) is 18.4 Å². The van der Waals surface area contributed by atoms with Gasteiger partial charge in [0, 0.05) is 32.7 Å². The second-order valence-corrected chi connectivity index (χ2v) is 7.88. The van der Waals surface area contributed by atoms with Crippen molar-refractivity contribution in [1.29, 1.82) is 0 Å². The molecule has 116 valence electrons. The quantitative estimate of drug-likeness (QED) is 0.847. The number of hydrogen-bond donors (Lipinski definition) is 0. The molecule has 1 heterocycles. The van der Waals surface area contributed by atoms with Crippen LogP contribution in [0.2, 0.25) is 0 Å². The summed E-state index contributed by atoms with van der Waals surface area (Å²) in [5.41, 5.74) is 0.701. The Morgan fingerprint density at radius 2 is 1.71 bits per heavy atom. The van der Waals surface area contributed by atoms with Crippen molar-refractivity contribution in [2.75, 3.05) is 26.2 Å². The van der Waals surface area contributed by atoms with E-state index in [1.54, 1.807) is 10.4 Å². The summed E-state index contributed by atoms with van der Waals surface area (Å²) >= 11 is 0. The minimum absolute atomic E-state index is 0.171. The van der Waals surface area contributed by atoms with Crippen molar-refractivity contribution in [3.63, 3.8) is 0 Å². The summed E-state index contributed by atoms with van der Waals surface area (Å²) in [5, 5.41) is -0.171. The average Bonchev–Trinajstić information content (AvgIpc) is 3.28. The zero-order valence-corrected chi connectivity index (χ0v) is 12.5. The minimum Gasteiger partial charge on any atom is -0.296 e. The van der Waals surface area contributed by atoms with E-state index in [4.69, 9.17) is 0 Å². The fourth-order valence-electron chi connectivity index (χ4n) is 2.62. The van der Waals surface area contributed by atoms with Gasteiger partial charge >= 0.3 is 0 Å². The molecule has 1 aliphatic heterocycles. The van der Waals surface area contributed by atoms with Crippen LogP contribution in [0, 0.1) is 11.6 Å². The Morgan fingerprint density at radius 3 is 2.29 bits per heavy atom. The third kappa shape index (κ3) is 3.25. The molecule has 0 unspecified atom stereocenters. The van der Waals surface area contributed by atoms with Crippen LogP contribution in [0.4, 0.5) is 8.78 Å². The molecule has 0 radical (unpaired) electrons. The number of halogens is 2. The van der Waals surface area contributed by atoms with Crippen LogP contribution < -0.4 is 0 Å². The summed E-state index contributed by atoms with van der Waals surface area (Å²) in [7, 11) is -3.10. The second-order valence-electron chi connectivity index (χ2n) is 5.67. The first-order valence-electron chi connectivity index (χ1n) is 7.12. The first-order valence-corrected chi connectivity index (χ1v) is 8.62. The third-order valence-corrected chi connectivity index (χ3v) is 6.43.